The number of hydrogen-bond acceptors (Lipinski definition) is 2. The number of carboxylic acids is 1. The maximum atomic E-state index is 10.7. The minimum atomic E-state index is -0.976. The maximum Gasteiger partial charge on any atom is 0.339 e. The first-order chi connectivity index (χ1) is 6.15. The van der Waals surface area contributed by atoms with Gasteiger partial charge in [0.05, 0.1) is 6.61 Å². The monoisotopic (exact) mass is 244 g/mol. The lowest BCUT2D eigenvalue weighted by molar-refractivity contribution is 0.0692. The lowest BCUT2D eigenvalue weighted by Gasteiger charge is -2.06. The first kappa shape index (κ1) is 10.1. The molecule has 70 valence electrons. The molecule has 4 heteroatoms. The van der Waals surface area contributed by atoms with E-state index < -0.39 is 5.97 Å². The summed E-state index contributed by atoms with van der Waals surface area (Å²) in [6, 6.07) is 4.83. The number of hydrogen-bond donors (Lipinski definition) is 1. The second kappa shape index (κ2) is 4.28. The van der Waals surface area contributed by atoms with Gasteiger partial charge >= 0.3 is 5.97 Å². The molecule has 13 heavy (non-hydrogen) atoms. The van der Waals surface area contributed by atoms with Crippen LogP contribution in [0.15, 0.2) is 22.7 Å². The quantitative estimate of drug-likeness (QED) is 0.889. The molecule has 0 amide bonds. The van der Waals surface area contributed by atoms with Crippen molar-refractivity contribution >= 4 is 21.9 Å². The Bertz CT molecular complexity index is 323. The Morgan fingerprint density at radius 1 is 1.62 bits per heavy atom. The Labute approximate surface area is 84.5 Å². The molecule has 0 radical (unpaired) electrons. The predicted octanol–water partition coefficient (Wildman–Crippen LogP) is 2.55. The van der Waals surface area contributed by atoms with Crippen LogP contribution in [0.25, 0.3) is 0 Å². The Morgan fingerprint density at radius 2 is 2.31 bits per heavy atom. The number of ether oxygens (including phenoxy) is 1. The standard InChI is InChI=1S/C9H9BrO3/c1-2-13-8-5-6(10)3-4-7(8)9(11)12/h3-5H,2H2,1H3,(H,11,12). The molecule has 1 aromatic carbocycles. The molecule has 0 atom stereocenters. The van der Waals surface area contributed by atoms with Crippen molar-refractivity contribution in [2.24, 2.45) is 0 Å². The fourth-order valence-corrected chi connectivity index (χ4v) is 1.29. The van der Waals surface area contributed by atoms with Crippen LogP contribution in [0.1, 0.15) is 17.3 Å². The van der Waals surface area contributed by atoms with Crippen LogP contribution in [-0.2, 0) is 0 Å². The minimum Gasteiger partial charge on any atom is -0.493 e. The number of carbonyl (C=O) groups is 1. The van der Waals surface area contributed by atoms with E-state index in [4.69, 9.17) is 9.84 Å². The van der Waals surface area contributed by atoms with Crippen molar-refractivity contribution in [3.8, 4) is 5.75 Å². The van der Waals surface area contributed by atoms with Gasteiger partial charge in [0.1, 0.15) is 11.3 Å². The average Bonchev–Trinajstić information content (AvgIpc) is 2.04. The van der Waals surface area contributed by atoms with Gasteiger partial charge in [-0.25, -0.2) is 4.79 Å². The van der Waals surface area contributed by atoms with E-state index >= 15 is 0 Å². The van der Waals surface area contributed by atoms with E-state index in [1.807, 2.05) is 6.92 Å². The zero-order chi connectivity index (χ0) is 9.84. The van der Waals surface area contributed by atoms with E-state index in [9.17, 15) is 4.79 Å². The van der Waals surface area contributed by atoms with E-state index in [0.29, 0.717) is 12.4 Å². The molecule has 0 spiro atoms. The van der Waals surface area contributed by atoms with Crippen LogP contribution in [0.5, 0.6) is 5.75 Å². The van der Waals surface area contributed by atoms with Crippen LogP contribution >= 0.6 is 15.9 Å². The molecule has 0 saturated heterocycles. The molecule has 0 bridgehead atoms. The van der Waals surface area contributed by atoms with Crippen molar-refractivity contribution in [1.29, 1.82) is 0 Å². The molecular weight excluding hydrogens is 236 g/mol. The van der Waals surface area contributed by atoms with Gasteiger partial charge in [-0.15, -0.1) is 0 Å². The van der Waals surface area contributed by atoms with E-state index in [1.54, 1.807) is 12.1 Å². The molecule has 0 aromatic heterocycles. The summed E-state index contributed by atoms with van der Waals surface area (Å²) in [6.07, 6.45) is 0. The van der Waals surface area contributed by atoms with Gasteiger partial charge in [-0.05, 0) is 25.1 Å². The molecule has 0 aliphatic heterocycles. The zero-order valence-corrected chi connectivity index (χ0v) is 8.67. The minimum absolute atomic E-state index is 0.185. The lowest BCUT2D eigenvalue weighted by Crippen LogP contribution is -2.02. The van der Waals surface area contributed by atoms with Gasteiger partial charge in [0.2, 0.25) is 0 Å². The van der Waals surface area contributed by atoms with Crippen LogP contribution in [0.2, 0.25) is 0 Å². The van der Waals surface area contributed by atoms with Crippen LogP contribution in [0, 0.1) is 0 Å². The SMILES string of the molecule is CCOc1cc(Br)ccc1C(=O)O. The third kappa shape index (κ3) is 2.45. The fraction of sp³-hybridized carbons (Fsp3) is 0.222. The Hall–Kier alpha value is -1.03. The molecular formula is C9H9BrO3. The molecule has 1 N–H and O–H groups in total. The third-order valence-corrected chi connectivity index (χ3v) is 1.97. The maximum absolute atomic E-state index is 10.7. The van der Waals surface area contributed by atoms with E-state index in [1.165, 1.54) is 6.07 Å². The summed E-state index contributed by atoms with van der Waals surface area (Å²) in [7, 11) is 0. The summed E-state index contributed by atoms with van der Waals surface area (Å²) in [5.74, 6) is -0.583. The normalized spacial score (nSPS) is 9.69. The summed E-state index contributed by atoms with van der Waals surface area (Å²) < 4.78 is 5.97. The van der Waals surface area contributed by atoms with Crippen molar-refractivity contribution < 1.29 is 14.6 Å². The predicted molar refractivity (Wildman–Crippen MR) is 52.3 cm³/mol. The van der Waals surface area contributed by atoms with Gasteiger partial charge in [-0.3, -0.25) is 0 Å². The van der Waals surface area contributed by atoms with Crippen LogP contribution < -0.4 is 4.74 Å². The summed E-state index contributed by atoms with van der Waals surface area (Å²) >= 11 is 3.24. The molecule has 1 rings (SSSR count). The number of benzene rings is 1. The van der Waals surface area contributed by atoms with E-state index in [2.05, 4.69) is 15.9 Å². The second-order valence-corrected chi connectivity index (χ2v) is 3.29. The Balaban J connectivity index is 3.10. The van der Waals surface area contributed by atoms with Crippen LogP contribution in [0.3, 0.4) is 0 Å². The third-order valence-electron chi connectivity index (χ3n) is 1.47. The number of rotatable bonds is 3. The number of carboxylic acid groups (broad SMARTS) is 1. The van der Waals surface area contributed by atoms with E-state index in [0.717, 1.165) is 4.47 Å². The highest BCUT2D eigenvalue weighted by Crippen LogP contribution is 2.23. The first-order valence-corrected chi connectivity index (χ1v) is 4.60. The summed E-state index contributed by atoms with van der Waals surface area (Å²) in [4.78, 5) is 10.7. The lowest BCUT2D eigenvalue weighted by atomic mass is 10.2. The van der Waals surface area contributed by atoms with Crippen molar-refractivity contribution in [2.45, 2.75) is 6.92 Å². The van der Waals surface area contributed by atoms with E-state index in [-0.39, 0.29) is 5.56 Å². The average molecular weight is 245 g/mol. The van der Waals surface area contributed by atoms with Gasteiger partial charge in [0.25, 0.3) is 0 Å². The van der Waals surface area contributed by atoms with Gasteiger partial charge in [0, 0.05) is 4.47 Å². The van der Waals surface area contributed by atoms with Crippen molar-refractivity contribution in [3.05, 3.63) is 28.2 Å². The summed E-state index contributed by atoms with van der Waals surface area (Å²) in [5, 5.41) is 8.79. The first-order valence-electron chi connectivity index (χ1n) is 3.80. The highest BCUT2D eigenvalue weighted by atomic mass is 79.9. The molecule has 0 unspecified atom stereocenters. The topological polar surface area (TPSA) is 46.5 Å². The molecule has 0 aliphatic carbocycles. The van der Waals surface area contributed by atoms with Gasteiger partial charge in [-0.1, -0.05) is 15.9 Å². The van der Waals surface area contributed by atoms with Crippen LogP contribution in [-0.4, -0.2) is 17.7 Å². The highest BCUT2D eigenvalue weighted by molar-refractivity contribution is 9.10. The van der Waals surface area contributed by atoms with Crippen molar-refractivity contribution in [1.82, 2.24) is 0 Å². The zero-order valence-electron chi connectivity index (χ0n) is 7.08. The number of halogens is 1. The van der Waals surface area contributed by atoms with Gasteiger partial charge in [0.15, 0.2) is 0 Å². The molecule has 1 aromatic rings. The highest BCUT2D eigenvalue weighted by Gasteiger charge is 2.10. The molecule has 0 fully saturated rings. The smallest absolute Gasteiger partial charge is 0.339 e. The Morgan fingerprint density at radius 3 is 2.85 bits per heavy atom. The van der Waals surface area contributed by atoms with Crippen molar-refractivity contribution in [3.63, 3.8) is 0 Å². The second-order valence-electron chi connectivity index (χ2n) is 2.38. The summed E-state index contributed by atoms with van der Waals surface area (Å²) in [5.41, 5.74) is 0.185. The fourth-order valence-electron chi connectivity index (χ4n) is 0.948. The molecule has 0 heterocycles. The van der Waals surface area contributed by atoms with Gasteiger partial charge < -0.3 is 9.84 Å². The largest absolute Gasteiger partial charge is 0.493 e. The summed E-state index contributed by atoms with van der Waals surface area (Å²) in [6.45, 7) is 2.27. The van der Waals surface area contributed by atoms with Crippen LogP contribution in [0.4, 0.5) is 0 Å². The molecule has 0 aliphatic rings. The molecule has 3 nitrogen and oxygen atoms in total. The Kier molecular flexibility index (Phi) is 3.31. The molecule has 0 saturated carbocycles. The number of aromatic carboxylic acids is 1. The van der Waals surface area contributed by atoms with Gasteiger partial charge in [-0.2, -0.15) is 0 Å². The van der Waals surface area contributed by atoms with Crippen molar-refractivity contribution in [2.75, 3.05) is 6.61 Å².